The molecule has 0 spiro atoms. The van der Waals surface area contributed by atoms with Gasteiger partial charge in [-0.1, -0.05) is 6.92 Å². The molecule has 1 aliphatic rings. The van der Waals surface area contributed by atoms with E-state index in [0.29, 0.717) is 19.5 Å². The highest BCUT2D eigenvalue weighted by Gasteiger charge is 2.37. The minimum Gasteiger partial charge on any atom is -0.245 e. The topological polar surface area (TPSA) is 3.24 Å². The van der Waals surface area contributed by atoms with E-state index in [-0.39, 0.29) is 6.42 Å². The van der Waals surface area contributed by atoms with Crippen LogP contribution in [0.3, 0.4) is 0 Å². The van der Waals surface area contributed by atoms with Crippen LogP contribution in [-0.2, 0) is 0 Å². The van der Waals surface area contributed by atoms with Crippen LogP contribution in [0.15, 0.2) is 0 Å². The summed E-state index contributed by atoms with van der Waals surface area (Å²) in [6.45, 7) is 3.04. The Morgan fingerprint density at radius 1 is 1.36 bits per heavy atom. The van der Waals surface area contributed by atoms with Crippen molar-refractivity contribution in [3.63, 3.8) is 0 Å². The van der Waals surface area contributed by atoms with E-state index >= 15 is 0 Å². The lowest BCUT2D eigenvalue weighted by Crippen LogP contribution is -2.45. The first-order chi connectivity index (χ1) is 5.17. The van der Waals surface area contributed by atoms with Gasteiger partial charge in [0.1, 0.15) is 0 Å². The molecule has 0 unspecified atom stereocenters. The molecule has 1 saturated heterocycles. The Morgan fingerprint density at radius 3 is 2.64 bits per heavy atom. The summed E-state index contributed by atoms with van der Waals surface area (Å²) in [5.41, 5.74) is 0. The summed E-state index contributed by atoms with van der Waals surface area (Å²) in [5.74, 6) is 0. The zero-order valence-electron chi connectivity index (χ0n) is 6.95. The van der Waals surface area contributed by atoms with E-state index in [1.165, 1.54) is 4.90 Å². The van der Waals surface area contributed by atoms with Gasteiger partial charge in [0.05, 0.1) is 0 Å². The summed E-state index contributed by atoms with van der Waals surface area (Å²) in [5, 5.41) is 0. The molecule has 0 aromatic carbocycles. The molecule has 0 aliphatic carbocycles. The van der Waals surface area contributed by atoms with Gasteiger partial charge in [-0.3, -0.25) is 0 Å². The van der Waals surface area contributed by atoms with Crippen molar-refractivity contribution in [3.05, 3.63) is 0 Å². The van der Waals surface area contributed by atoms with Gasteiger partial charge in [-0.05, 0) is 19.3 Å². The second-order valence-corrected chi connectivity index (χ2v) is 3.11. The summed E-state index contributed by atoms with van der Waals surface area (Å²) in [7, 11) is 0. The molecule has 1 heterocycles. The molecule has 0 amide bonds. The smallest absolute Gasteiger partial charge is 0.245 e. The fraction of sp³-hybridized carbons (Fsp3) is 1.00. The van der Waals surface area contributed by atoms with Crippen LogP contribution in [0, 0.1) is 0 Å². The van der Waals surface area contributed by atoms with Gasteiger partial charge < -0.3 is 0 Å². The van der Waals surface area contributed by atoms with Crippen molar-refractivity contribution in [2.75, 3.05) is 13.1 Å². The van der Waals surface area contributed by atoms with Crippen molar-refractivity contribution in [2.45, 2.75) is 38.7 Å². The molecule has 0 bridgehead atoms. The van der Waals surface area contributed by atoms with Crippen molar-refractivity contribution in [2.24, 2.45) is 0 Å². The Morgan fingerprint density at radius 2 is 2.09 bits per heavy atom. The molecule has 1 aliphatic heterocycles. The highest BCUT2D eigenvalue weighted by molar-refractivity contribution is 4.74. The summed E-state index contributed by atoms with van der Waals surface area (Å²) in [6.07, 6.45) is 2.46. The average molecular weight is 163 g/mol. The highest BCUT2D eigenvalue weighted by atomic mass is 19.3. The Kier molecular flexibility index (Phi) is 2.82. The van der Waals surface area contributed by atoms with E-state index < -0.39 is 6.05 Å². The van der Waals surface area contributed by atoms with Gasteiger partial charge in [0.25, 0.3) is 0 Å². The summed E-state index contributed by atoms with van der Waals surface area (Å²) >= 11 is 0. The second-order valence-electron chi connectivity index (χ2n) is 3.11. The van der Waals surface area contributed by atoms with Crippen LogP contribution in [0.2, 0.25) is 0 Å². The highest BCUT2D eigenvalue weighted by Crippen LogP contribution is 2.30. The van der Waals surface area contributed by atoms with Gasteiger partial charge in [-0.15, -0.1) is 0 Å². The summed E-state index contributed by atoms with van der Waals surface area (Å²) in [6, 6.07) is -2.52. The third-order valence-corrected chi connectivity index (χ3v) is 2.11. The maximum atomic E-state index is 13.0. The van der Waals surface area contributed by atoms with E-state index in [0.717, 1.165) is 12.8 Å². The fourth-order valence-corrected chi connectivity index (χ4v) is 1.51. The van der Waals surface area contributed by atoms with Gasteiger partial charge >= 0.3 is 6.05 Å². The van der Waals surface area contributed by atoms with Gasteiger partial charge in [0.15, 0.2) is 0 Å². The minimum absolute atomic E-state index is 0.0486. The number of hydrogen-bond acceptors (Lipinski definition) is 1. The number of hydrogen-bond donors (Lipinski definition) is 0. The van der Waals surface area contributed by atoms with Crippen molar-refractivity contribution in [1.82, 2.24) is 4.90 Å². The number of halogens is 2. The van der Waals surface area contributed by atoms with E-state index in [9.17, 15) is 8.78 Å². The Labute approximate surface area is 66.4 Å². The van der Waals surface area contributed by atoms with Crippen LogP contribution in [-0.4, -0.2) is 24.0 Å². The molecule has 11 heavy (non-hydrogen) atoms. The van der Waals surface area contributed by atoms with E-state index in [2.05, 4.69) is 0 Å². The average Bonchev–Trinajstić information content (AvgIpc) is 1.94. The Hall–Kier alpha value is -0.180. The molecule has 0 radical (unpaired) electrons. The van der Waals surface area contributed by atoms with Gasteiger partial charge in [-0.25, -0.2) is 4.90 Å². The molecule has 0 aromatic rings. The minimum atomic E-state index is -2.52. The number of piperidine rings is 1. The largest absolute Gasteiger partial charge is 0.304 e. The SMILES string of the molecule is CCCN1CCCCC1(F)F. The molecule has 0 N–H and O–H groups in total. The fourth-order valence-electron chi connectivity index (χ4n) is 1.51. The number of alkyl halides is 2. The standard InChI is InChI=1S/C8H15F2N/c1-2-6-11-7-4-3-5-8(11,9)10/h2-7H2,1H3. The number of nitrogens with zero attached hydrogens (tertiary/aromatic N) is 1. The maximum absolute atomic E-state index is 13.0. The summed E-state index contributed by atoms with van der Waals surface area (Å²) < 4.78 is 26.0. The Bertz CT molecular complexity index is 123. The number of likely N-dealkylation sites (tertiary alicyclic amines) is 1. The molecule has 0 atom stereocenters. The first-order valence-electron chi connectivity index (χ1n) is 4.29. The first kappa shape index (κ1) is 8.91. The van der Waals surface area contributed by atoms with Crippen LogP contribution in [0.4, 0.5) is 8.78 Å². The molecule has 1 rings (SSSR count). The zero-order valence-corrected chi connectivity index (χ0v) is 6.95. The molecule has 0 aromatic heterocycles. The predicted molar refractivity (Wildman–Crippen MR) is 40.7 cm³/mol. The van der Waals surface area contributed by atoms with Crippen LogP contribution in [0.5, 0.6) is 0 Å². The van der Waals surface area contributed by atoms with E-state index in [1.807, 2.05) is 6.92 Å². The van der Waals surface area contributed by atoms with Crippen molar-refractivity contribution in [1.29, 1.82) is 0 Å². The maximum Gasteiger partial charge on any atom is 0.304 e. The molecular weight excluding hydrogens is 148 g/mol. The van der Waals surface area contributed by atoms with Crippen LogP contribution >= 0.6 is 0 Å². The lowest BCUT2D eigenvalue weighted by molar-refractivity contribution is -0.167. The monoisotopic (exact) mass is 163 g/mol. The molecular formula is C8H15F2N. The molecule has 0 saturated carbocycles. The summed E-state index contributed by atoms with van der Waals surface area (Å²) in [4.78, 5) is 1.30. The van der Waals surface area contributed by atoms with Gasteiger partial charge in [-0.2, -0.15) is 8.78 Å². The molecule has 3 heteroatoms. The van der Waals surface area contributed by atoms with Crippen LogP contribution < -0.4 is 0 Å². The van der Waals surface area contributed by atoms with E-state index in [4.69, 9.17) is 0 Å². The van der Waals surface area contributed by atoms with Crippen molar-refractivity contribution < 1.29 is 8.78 Å². The third-order valence-electron chi connectivity index (χ3n) is 2.11. The second kappa shape index (κ2) is 3.48. The normalized spacial score (nSPS) is 25.4. The Balaban J connectivity index is 2.45. The molecule has 66 valence electrons. The third kappa shape index (κ3) is 2.12. The first-order valence-corrected chi connectivity index (χ1v) is 4.29. The lowest BCUT2D eigenvalue weighted by atomic mass is 10.1. The molecule has 1 fully saturated rings. The van der Waals surface area contributed by atoms with E-state index in [1.54, 1.807) is 0 Å². The van der Waals surface area contributed by atoms with Crippen molar-refractivity contribution >= 4 is 0 Å². The van der Waals surface area contributed by atoms with Crippen LogP contribution in [0.25, 0.3) is 0 Å². The quantitative estimate of drug-likeness (QED) is 0.565. The van der Waals surface area contributed by atoms with Crippen LogP contribution in [0.1, 0.15) is 32.6 Å². The lowest BCUT2D eigenvalue weighted by Gasteiger charge is -2.34. The zero-order chi connectivity index (χ0) is 8.32. The van der Waals surface area contributed by atoms with Crippen molar-refractivity contribution in [3.8, 4) is 0 Å². The predicted octanol–water partition coefficient (Wildman–Crippen LogP) is 2.48. The number of rotatable bonds is 2. The van der Waals surface area contributed by atoms with Gasteiger partial charge in [0, 0.05) is 19.5 Å². The van der Waals surface area contributed by atoms with Gasteiger partial charge in [0.2, 0.25) is 0 Å². The molecule has 1 nitrogen and oxygen atoms in total.